The van der Waals surface area contributed by atoms with Gasteiger partial charge in [-0.05, 0) is 54.5 Å². The van der Waals surface area contributed by atoms with Crippen molar-refractivity contribution in [1.29, 1.82) is 0 Å². The highest BCUT2D eigenvalue weighted by Crippen LogP contribution is 2.45. The molecule has 0 saturated heterocycles. The summed E-state index contributed by atoms with van der Waals surface area (Å²) in [5, 5.41) is 0.921. The SMILES string of the molecule is C=C[C@]1(CC)C(=O)OCc2c1cc1n(c2=O)Cc2c-1nc1cc(F)c(C)c3c1c2[C@@H](N)CC3. The lowest BCUT2D eigenvalue weighted by atomic mass is 9.75. The van der Waals surface area contributed by atoms with Gasteiger partial charge in [0.05, 0.1) is 29.0 Å². The summed E-state index contributed by atoms with van der Waals surface area (Å²) < 4.78 is 21.8. The Labute approximate surface area is 189 Å². The summed E-state index contributed by atoms with van der Waals surface area (Å²) in [7, 11) is 0. The van der Waals surface area contributed by atoms with Gasteiger partial charge in [0.2, 0.25) is 0 Å². The van der Waals surface area contributed by atoms with Crippen molar-refractivity contribution in [3.05, 3.63) is 74.3 Å². The first-order chi connectivity index (χ1) is 15.8. The Bertz CT molecular complexity index is 1490. The highest BCUT2D eigenvalue weighted by atomic mass is 19.1. The molecule has 6 nitrogen and oxygen atoms in total. The molecule has 0 spiro atoms. The Morgan fingerprint density at radius 2 is 2.12 bits per heavy atom. The minimum atomic E-state index is -1.08. The van der Waals surface area contributed by atoms with Crippen LogP contribution in [0.15, 0.2) is 29.6 Å². The molecule has 0 fully saturated rings. The van der Waals surface area contributed by atoms with Crippen LogP contribution >= 0.6 is 0 Å². The quantitative estimate of drug-likeness (QED) is 0.375. The standard InChI is InChI=1S/C26H24FN3O3/c1-4-26(5-2)16-8-20-23-14(10-30(20)24(31)15(16)11-33-25(26)32)21-18(28)7-6-13-12(3)17(27)9-19(29-23)22(13)21/h4,8-9,18H,1,5-7,10-11,28H2,2-3H3/t18-,26+/m0/s1. The molecule has 2 atom stereocenters. The van der Waals surface area contributed by atoms with Crippen LogP contribution in [-0.4, -0.2) is 15.5 Å². The molecule has 0 unspecified atom stereocenters. The smallest absolute Gasteiger partial charge is 0.320 e. The maximum atomic E-state index is 14.7. The molecule has 3 aliphatic rings. The highest BCUT2D eigenvalue weighted by molar-refractivity contribution is 5.93. The summed E-state index contributed by atoms with van der Waals surface area (Å²) in [5.74, 6) is -0.688. The third-order valence-corrected chi connectivity index (χ3v) is 7.88. The molecular weight excluding hydrogens is 421 g/mol. The molecular formula is C26H24FN3O3. The second-order valence-electron chi connectivity index (χ2n) is 9.27. The topological polar surface area (TPSA) is 87.2 Å². The number of aromatic nitrogens is 2. The molecule has 0 amide bonds. The number of aryl methyl sites for hydroxylation is 1. The number of benzene rings is 1. The fourth-order valence-corrected chi connectivity index (χ4v) is 5.97. The van der Waals surface area contributed by atoms with Crippen molar-refractivity contribution in [1.82, 2.24) is 9.55 Å². The van der Waals surface area contributed by atoms with Crippen LogP contribution in [0.3, 0.4) is 0 Å². The van der Waals surface area contributed by atoms with Crippen LogP contribution in [0.25, 0.3) is 22.3 Å². The normalized spacial score (nSPS) is 22.5. The van der Waals surface area contributed by atoms with E-state index in [1.54, 1.807) is 17.6 Å². The van der Waals surface area contributed by atoms with Crippen molar-refractivity contribution in [2.75, 3.05) is 0 Å². The number of rotatable bonds is 2. The maximum Gasteiger partial charge on any atom is 0.320 e. The second kappa shape index (κ2) is 6.60. The average molecular weight is 445 g/mol. The zero-order chi connectivity index (χ0) is 23.2. The number of nitrogens with two attached hydrogens (primary N) is 1. The minimum absolute atomic E-state index is 0.0600. The summed E-state index contributed by atoms with van der Waals surface area (Å²) in [6.45, 7) is 7.83. The number of carbonyl (C=O) groups is 1. The molecule has 2 aliphatic heterocycles. The van der Waals surface area contributed by atoms with Crippen molar-refractivity contribution in [2.45, 2.75) is 57.7 Å². The second-order valence-corrected chi connectivity index (χ2v) is 9.27. The summed E-state index contributed by atoms with van der Waals surface area (Å²) in [4.78, 5) is 31.2. The van der Waals surface area contributed by atoms with Crippen LogP contribution in [0.2, 0.25) is 0 Å². The van der Waals surface area contributed by atoms with E-state index in [1.807, 2.05) is 13.0 Å². The van der Waals surface area contributed by atoms with Gasteiger partial charge in [-0.2, -0.15) is 0 Å². The first-order valence-electron chi connectivity index (χ1n) is 11.3. The maximum absolute atomic E-state index is 14.7. The van der Waals surface area contributed by atoms with E-state index in [9.17, 15) is 14.0 Å². The van der Waals surface area contributed by atoms with E-state index in [1.165, 1.54) is 6.07 Å². The van der Waals surface area contributed by atoms with Gasteiger partial charge in [0.1, 0.15) is 17.8 Å². The van der Waals surface area contributed by atoms with E-state index >= 15 is 0 Å². The third-order valence-electron chi connectivity index (χ3n) is 7.88. The fraction of sp³-hybridized carbons (Fsp3) is 0.346. The van der Waals surface area contributed by atoms with Crippen LogP contribution in [0.1, 0.15) is 59.2 Å². The molecule has 33 heavy (non-hydrogen) atoms. The van der Waals surface area contributed by atoms with Gasteiger partial charge in [-0.3, -0.25) is 9.59 Å². The lowest BCUT2D eigenvalue weighted by Gasteiger charge is -2.33. The predicted molar refractivity (Wildman–Crippen MR) is 122 cm³/mol. The van der Waals surface area contributed by atoms with Crippen molar-refractivity contribution in [2.24, 2.45) is 5.73 Å². The number of nitrogens with zero attached hydrogens (tertiary/aromatic N) is 2. The summed E-state index contributed by atoms with van der Waals surface area (Å²) in [6.07, 6.45) is 3.40. The molecule has 7 heteroatoms. The predicted octanol–water partition coefficient (Wildman–Crippen LogP) is 3.71. The fourth-order valence-electron chi connectivity index (χ4n) is 5.97. The van der Waals surface area contributed by atoms with Gasteiger partial charge in [-0.25, -0.2) is 9.37 Å². The Kier molecular flexibility index (Phi) is 4.06. The van der Waals surface area contributed by atoms with E-state index in [0.717, 1.165) is 22.1 Å². The van der Waals surface area contributed by atoms with Crippen molar-refractivity contribution in [3.8, 4) is 11.4 Å². The molecule has 3 aromatic rings. The van der Waals surface area contributed by atoms with Crippen LogP contribution < -0.4 is 11.3 Å². The molecule has 2 N–H and O–H groups in total. The van der Waals surface area contributed by atoms with E-state index in [0.29, 0.717) is 59.4 Å². The number of cyclic esters (lactones) is 1. The summed E-state index contributed by atoms with van der Waals surface area (Å²) >= 11 is 0. The number of halogens is 1. The molecule has 0 saturated carbocycles. The monoisotopic (exact) mass is 445 g/mol. The number of hydrogen-bond donors (Lipinski definition) is 1. The molecule has 6 rings (SSSR count). The molecule has 1 aliphatic carbocycles. The van der Waals surface area contributed by atoms with Gasteiger partial charge in [0.25, 0.3) is 5.56 Å². The lowest BCUT2D eigenvalue weighted by molar-refractivity contribution is -0.152. The van der Waals surface area contributed by atoms with Gasteiger partial charge in [-0.1, -0.05) is 13.0 Å². The van der Waals surface area contributed by atoms with E-state index in [-0.39, 0.29) is 24.0 Å². The van der Waals surface area contributed by atoms with Crippen LogP contribution in [-0.2, 0) is 34.5 Å². The van der Waals surface area contributed by atoms with Crippen molar-refractivity contribution >= 4 is 16.9 Å². The van der Waals surface area contributed by atoms with Gasteiger partial charge in [0, 0.05) is 23.1 Å². The summed E-state index contributed by atoms with van der Waals surface area (Å²) in [5.41, 5.74) is 11.7. The number of fused-ring (bicyclic) bond motifs is 5. The van der Waals surface area contributed by atoms with Gasteiger partial charge < -0.3 is 15.0 Å². The van der Waals surface area contributed by atoms with Gasteiger partial charge in [-0.15, -0.1) is 6.58 Å². The molecule has 1 aromatic carbocycles. The zero-order valence-corrected chi connectivity index (χ0v) is 18.6. The molecule has 0 radical (unpaired) electrons. The Morgan fingerprint density at radius 1 is 1.33 bits per heavy atom. The molecule has 2 aromatic heterocycles. The first-order valence-corrected chi connectivity index (χ1v) is 11.3. The largest absolute Gasteiger partial charge is 0.460 e. The first kappa shape index (κ1) is 20.3. The van der Waals surface area contributed by atoms with Gasteiger partial charge in [0.15, 0.2) is 0 Å². The highest BCUT2D eigenvalue weighted by Gasteiger charge is 2.45. The number of carbonyl (C=O) groups excluding carboxylic acids is 1. The number of esters is 1. The lowest BCUT2D eigenvalue weighted by Crippen LogP contribution is -2.43. The molecule has 168 valence electrons. The zero-order valence-electron chi connectivity index (χ0n) is 18.6. The van der Waals surface area contributed by atoms with E-state index < -0.39 is 11.4 Å². The van der Waals surface area contributed by atoms with Gasteiger partial charge >= 0.3 is 5.97 Å². The number of pyridine rings is 2. The molecule has 0 bridgehead atoms. The Morgan fingerprint density at radius 3 is 2.85 bits per heavy atom. The van der Waals surface area contributed by atoms with Crippen LogP contribution in [0, 0.1) is 12.7 Å². The van der Waals surface area contributed by atoms with E-state index in [4.69, 9.17) is 15.5 Å². The summed E-state index contributed by atoms with van der Waals surface area (Å²) in [6, 6.07) is 3.13. The number of ether oxygens (including phenoxy) is 1. The van der Waals surface area contributed by atoms with Crippen LogP contribution in [0.5, 0.6) is 0 Å². The van der Waals surface area contributed by atoms with Crippen LogP contribution in [0.4, 0.5) is 4.39 Å². The Balaban J connectivity index is 1.71. The number of hydrogen-bond acceptors (Lipinski definition) is 5. The van der Waals surface area contributed by atoms with Crippen molar-refractivity contribution in [3.63, 3.8) is 0 Å². The Hall–Kier alpha value is -3.32. The van der Waals surface area contributed by atoms with Crippen molar-refractivity contribution < 1.29 is 13.9 Å². The third kappa shape index (κ3) is 2.38. The van der Waals surface area contributed by atoms with E-state index in [2.05, 4.69) is 6.58 Å². The molecule has 4 heterocycles. The minimum Gasteiger partial charge on any atom is -0.460 e. The average Bonchev–Trinajstić information content (AvgIpc) is 3.17.